The zero-order chi connectivity index (χ0) is 15.2. The Kier molecular flexibility index (Phi) is 4.72. The molecule has 21 heavy (non-hydrogen) atoms. The van der Waals surface area contributed by atoms with Gasteiger partial charge in [0.1, 0.15) is 5.82 Å². The van der Waals surface area contributed by atoms with Crippen LogP contribution in [0.1, 0.15) is 23.7 Å². The highest BCUT2D eigenvalue weighted by molar-refractivity contribution is 6.09. The number of rotatable bonds is 5. The van der Waals surface area contributed by atoms with E-state index in [1.165, 1.54) is 0 Å². The number of benzene rings is 1. The lowest BCUT2D eigenvalue weighted by atomic mass is 10.1. The molecule has 0 saturated carbocycles. The molecule has 2 aromatic rings. The van der Waals surface area contributed by atoms with Gasteiger partial charge in [0.25, 0.3) is 5.91 Å². The second kappa shape index (κ2) is 6.71. The van der Waals surface area contributed by atoms with Crippen molar-refractivity contribution in [3.05, 3.63) is 36.0 Å². The summed E-state index contributed by atoms with van der Waals surface area (Å²) in [6, 6.07) is 9.77. The van der Waals surface area contributed by atoms with E-state index in [1.807, 2.05) is 38.2 Å². The van der Waals surface area contributed by atoms with Gasteiger partial charge in [-0.1, -0.05) is 24.3 Å². The summed E-state index contributed by atoms with van der Waals surface area (Å²) in [7, 11) is 1.81. The predicted molar refractivity (Wildman–Crippen MR) is 83.1 cm³/mol. The number of amides is 1. The molecule has 5 heteroatoms. The molecule has 0 aliphatic rings. The lowest BCUT2D eigenvalue weighted by Crippen LogP contribution is -2.31. The van der Waals surface area contributed by atoms with E-state index in [-0.39, 0.29) is 5.91 Å². The third-order valence-electron chi connectivity index (χ3n) is 3.42. The Bertz CT molecular complexity index is 690. The topological polar surface area (TPSA) is 69.0 Å². The summed E-state index contributed by atoms with van der Waals surface area (Å²) >= 11 is 0. The van der Waals surface area contributed by atoms with Crippen molar-refractivity contribution in [3.8, 4) is 6.07 Å². The number of nitriles is 1. The molecule has 0 aliphatic heterocycles. The number of pyridine rings is 1. The zero-order valence-electron chi connectivity index (χ0n) is 12.3. The highest BCUT2D eigenvalue weighted by atomic mass is 16.2. The van der Waals surface area contributed by atoms with E-state index in [9.17, 15) is 4.79 Å². The van der Waals surface area contributed by atoms with Gasteiger partial charge in [0.05, 0.1) is 18.1 Å². The van der Waals surface area contributed by atoms with Crippen LogP contribution >= 0.6 is 0 Å². The van der Waals surface area contributed by atoms with Crippen LogP contribution in [0.25, 0.3) is 10.8 Å². The first-order valence-corrected chi connectivity index (χ1v) is 6.94. The summed E-state index contributed by atoms with van der Waals surface area (Å²) in [6.45, 7) is 2.92. The fourth-order valence-corrected chi connectivity index (χ4v) is 2.32. The smallest absolute Gasteiger partial charge is 0.256 e. The first kappa shape index (κ1) is 14.8. The van der Waals surface area contributed by atoms with Crippen molar-refractivity contribution >= 4 is 22.5 Å². The summed E-state index contributed by atoms with van der Waals surface area (Å²) in [5.41, 5.74) is 0.574. The molecule has 0 bridgehead atoms. The van der Waals surface area contributed by atoms with E-state index in [0.29, 0.717) is 25.1 Å². The van der Waals surface area contributed by atoms with Gasteiger partial charge < -0.3 is 10.2 Å². The first-order valence-electron chi connectivity index (χ1n) is 6.94. The van der Waals surface area contributed by atoms with E-state index in [1.54, 1.807) is 11.1 Å². The quantitative estimate of drug-likeness (QED) is 0.915. The SMILES string of the molecule is CCN(CCC#N)C(=O)c1cnc(NC)c2ccccc12. The van der Waals surface area contributed by atoms with Gasteiger partial charge in [0, 0.05) is 31.7 Å². The Morgan fingerprint density at radius 3 is 2.71 bits per heavy atom. The lowest BCUT2D eigenvalue weighted by molar-refractivity contribution is 0.0769. The Hall–Kier alpha value is -2.61. The molecule has 1 aromatic carbocycles. The minimum absolute atomic E-state index is 0.0842. The fourth-order valence-electron chi connectivity index (χ4n) is 2.32. The van der Waals surface area contributed by atoms with E-state index in [4.69, 9.17) is 5.26 Å². The van der Waals surface area contributed by atoms with Crippen molar-refractivity contribution in [3.63, 3.8) is 0 Å². The Labute approximate surface area is 124 Å². The number of anilines is 1. The third-order valence-corrected chi connectivity index (χ3v) is 3.42. The average molecular weight is 282 g/mol. The molecule has 1 amide bonds. The Morgan fingerprint density at radius 2 is 2.10 bits per heavy atom. The minimum Gasteiger partial charge on any atom is -0.373 e. The first-order chi connectivity index (χ1) is 10.2. The van der Waals surface area contributed by atoms with Crippen LogP contribution in [-0.4, -0.2) is 35.9 Å². The standard InChI is InChI=1S/C16H18N4O/c1-3-20(10-6-9-17)16(21)14-11-19-15(18-2)13-8-5-4-7-12(13)14/h4-5,7-8,11H,3,6,10H2,1-2H3,(H,18,19). The zero-order valence-corrected chi connectivity index (χ0v) is 12.3. The molecule has 1 aromatic heterocycles. The van der Waals surface area contributed by atoms with Gasteiger partial charge in [-0.2, -0.15) is 5.26 Å². The molecule has 0 aliphatic carbocycles. The van der Waals surface area contributed by atoms with Gasteiger partial charge in [-0.25, -0.2) is 4.98 Å². The molecule has 0 spiro atoms. The van der Waals surface area contributed by atoms with Crippen LogP contribution in [0.15, 0.2) is 30.5 Å². The number of nitrogens with one attached hydrogen (secondary N) is 1. The van der Waals surface area contributed by atoms with Crippen molar-refractivity contribution in [2.24, 2.45) is 0 Å². The number of fused-ring (bicyclic) bond motifs is 1. The van der Waals surface area contributed by atoms with Crippen molar-refractivity contribution < 1.29 is 4.79 Å². The number of hydrogen-bond acceptors (Lipinski definition) is 4. The minimum atomic E-state index is -0.0842. The second-order valence-corrected chi connectivity index (χ2v) is 4.61. The second-order valence-electron chi connectivity index (χ2n) is 4.61. The van der Waals surface area contributed by atoms with Crippen LogP contribution in [0.4, 0.5) is 5.82 Å². The summed E-state index contributed by atoms with van der Waals surface area (Å²) in [5.74, 6) is 0.668. The highest BCUT2D eigenvalue weighted by Crippen LogP contribution is 2.25. The van der Waals surface area contributed by atoms with Crippen LogP contribution in [0, 0.1) is 11.3 Å². The number of aromatic nitrogens is 1. The molecular formula is C16H18N4O. The van der Waals surface area contributed by atoms with Gasteiger partial charge in [0.2, 0.25) is 0 Å². The van der Waals surface area contributed by atoms with Gasteiger partial charge in [-0.15, -0.1) is 0 Å². The van der Waals surface area contributed by atoms with Crippen molar-refractivity contribution in [2.45, 2.75) is 13.3 Å². The average Bonchev–Trinajstić information content (AvgIpc) is 2.54. The summed E-state index contributed by atoms with van der Waals surface area (Å²) in [6.07, 6.45) is 1.94. The molecule has 2 rings (SSSR count). The fraction of sp³-hybridized carbons (Fsp3) is 0.312. The molecule has 0 unspecified atom stereocenters. The molecule has 108 valence electrons. The van der Waals surface area contributed by atoms with Crippen LogP contribution in [-0.2, 0) is 0 Å². The van der Waals surface area contributed by atoms with Crippen molar-refractivity contribution in [1.29, 1.82) is 5.26 Å². The van der Waals surface area contributed by atoms with Crippen LogP contribution < -0.4 is 5.32 Å². The normalized spacial score (nSPS) is 10.1. The molecule has 0 radical (unpaired) electrons. The lowest BCUT2D eigenvalue weighted by Gasteiger charge is -2.20. The maximum atomic E-state index is 12.7. The van der Waals surface area contributed by atoms with Crippen LogP contribution in [0.3, 0.4) is 0 Å². The Balaban J connectivity index is 2.47. The number of hydrogen-bond donors (Lipinski definition) is 1. The van der Waals surface area contributed by atoms with Gasteiger partial charge in [-0.05, 0) is 12.3 Å². The maximum Gasteiger partial charge on any atom is 0.256 e. The van der Waals surface area contributed by atoms with E-state index in [2.05, 4.69) is 16.4 Å². The summed E-state index contributed by atoms with van der Waals surface area (Å²) in [5, 5.41) is 13.5. The number of nitrogens with zero attached hydrogens (tertiary/aromatic N) is 3. The van der Waals surface area contributed by atoms with E-state index >= 15 is 0 Å². The van der Waals surface area contributed by atoms with Gasteiger partial charge >= 0.3 is 0 Å². The highest BCUT2D eigenvalue weighted by Gasteiger charge is 2.18. The summed E-state index contributed by atoms with van der Waals surface area (Å²) in [4.78, 5) is 18.6. The molecule has 1 N–H and O–H groups in total. The van der Waals surface area contributed by atoms with Gasteiger partial charge in [-0.3, -0.25) is 4.79 Å². The van der Waals surface area contributed by atoms with Crippen LogP contribution in [0.2, 0.25) is 0 Å². The predicted octanol–water partition coefficient (Wildman–Crippen LogP) is 2.65. The molecular weight excluding hydrogens is 264 g/mol. The largest absolute Gasteiger partial charge is 0.373 e. The van der Waals surface area contributed by atoms with E-state index in [0.717, 1.165) is 16.6 Å². The monoisotopic (exact) mass is 282 g/mol. The van der Waals surface area contributed by atoms with Crippen molar-refractivity contribution in [1.82, 2.24) is 9.88 Å². The molecule has 1 heterocycles. The molecule has 0 fully saturated rings. The third kappa shape index (κ3) is 2.95. The van der Waals surface area contributed by atoms with Gasteiger partial charge in [0.15, 0.2) is 0 Å². The van der Waals surface area contributed by atoms with Crippen molar-refractivity contribution in [2.75, 3.05) is 25.5 Å². The summed E-state index contributed by atoms with van der Waals surface area (Å²) < 4.78 is 0. The Morgan fingerprint density at radius 1 is 1.38 bits per heavy atom. The number of carbonyl (C=O) groups excluding carboxylic acids is 1. The van der Waals surface area contributed by atoms with Crippen LogP contribution in [0.5, 0.6) is 0 Å². The molecule has 0 atom stereocenters. The number of carbonyl (C=O) groups is 1. The molecule has 5 nitrogen and oxygen atoms in total. The maximum absolute atomic E-state index is 12.7. The van der Waals surface area contributed by atoms with E-state index < -0.39 is 0 Å². The molecule has 0 saturated heterocycles.